The monoisotopic (exact) mass is 364 g/mol. The smallest absolute Gasteiger partial charge is 0.325 e. The van der Waals surface area contributed by atoms with Gasteiger partial charge < -0.3 is 10.2 Å². The highest BCUT2D eigenvalue weighted by molar-refractivity contribution is 6.07. The van der Waals surface area contributed by atoms with Crippen molar-refractivity contribution >= 4 is 17.8 Å². The highest BCUT2D eigenvalue weighted by atomic mass is 16.2. The van der Waals surface area contributed by atoms with Crippen LogP contribution in [-0.4, -0.2) is 64.9 Å². The third kappa shape index (κ3) is 4.19. The number of nitrogens with zero attached hydrogens (tertiary/aromatic N) is 2. The largest absolute Gasteiger partial charge is 0.351 e. The predicted molar refractivity (Wildman–Crippen MR) is 98.6 cm³/mol. The molecule has 0 bridgehead atoms. The molecule has 2 aliphatic heterocycles. The van der Waals surface area contributed by atoms with Crippen molar-refractivity contribution in [3.8, 4) is 0 Å². The van der Waals surface area contributed by atoms with Crippen LogP contribution in [0.3, 0.4) is 0 Å². The Bertz CT molecular complexity index is 555. The topological polar surface area (TPSA) is 81.8 Å². The minimum atomic E-state index is -0.979. The molecule has 1 saturated carbocycles. The van der Waals surface area contributed by atoms with Crippen LogP contribution in [0.4, 0.5) is 4.79 Å². The van der Waals surface area contributed by atoms with E-state index in [1.54, 1.807) is 13.8 Å². The van der Waals surface area contributed by atoms with E-state index in [9.17, 15) is 14.4 Å². The summed E-state index contributed by atoms with van der Waals surface area (Å²) in [6, 6.07) is 0.293. The molecular formula is C19H32N4O3. The second-order valence-corrected chi connectivity index (χ2v) is 8.45. The van der Waals surface area contributed by atoms with Crippen LogP contribution in [0.2, 0.25) is 0 Å². The van der Waals surface area contributed by atoms with E-state index in [2.05, 4.69) is 15.5 Å². The number of hydrogen-bond acceptors (Lipinski definition) is 4. The Morgan fingerprint density at radius 3 is 2.42 bits per heavy atom. The van der Waals surface area contributed by atoms with Crippen molar-refractivity contribution in [2.24, 2.45) is 0 Å². The molecule has 1 atom stereocenters. The average Bonchev–Trinajstić information content (AvgIpc) is 2.82. The zero-order valence-corrected chi connectivity index (χ0v) is 16.1. The van der Waals surface area contributed by atoms with Crippen molar-refractivity contribution in [3.05, 3.63) is 0 Å². The number of likely N-dealkylation sites (tertiary alicyclic amines) is 1. The summed E-state index contributed by atoms with van der Waals surface area (Å²) in [5.41, 5.74) is -0.979. The van der Waals surface area contributed by atoms with Crippen molar-refractivity contribution in [2.45, 2.75) is 82.8 Å². The van der Waals surface area contributed by atoms with Gasteiger partial charge >= 0.3 is 6.03 Å². The summed E-state index contributed by atoms with van der Waals surface area (Å²) >= 11 is 0. The van der Waals surface area contributed by atoms with Gasteiger partial charge in [0.2, 0.25) is 5.91 Å². The normalized spacial score (nSPS) is 27.9. The number of carbonyl (C=O) groups is 3. The van der Waals surface area contributed by atoms with E-state index >= 15 is 0 Å². The molecular weight excluding hydrogens is 332 g/mol. The van der Waals surface area contributed by atoms with Crippen molar-refractivity contribution in [3.63, 3.8) is 0 Å². The molecule has 2 N–H and O–H groups in total. The Hall–Kier alpha value is -1.63. The molecule has 146 valence electrons. The number of carbonyl (C=O) groups excluding carboxylic acids is 3. The average molecular weight is 364 g/mol. The molecule has 4 amide bonds. The van der Waals surface area contributed by atoms with E-state index in [1.807, 2.05) is 0 Å². The van der Waals surface area contributed by atoms with Gasteiger partial charge in [0.05, 0.1) is 0 Å². The fraction of sp³-hybridized carbons (Fsp3) is 0.842. The van der Waals surface area contributed by atoms with Gasteiger partial charge in [-0.05, 0) is 46.1 Å². The van der Waals surface area contributed by atoms with Crippen LogP contribution < -0.4 is 10.6 Å². The molecule has 0 aromatic rings. The van der Waals surface area contributed by atoms with Crippen LogP contribution in [0.1, 0.15) is 65.2 Å². The number of nitrogens with one attached hydrogen (secondary N) is 2. The zero-order valence-electron chi connectivity index (χ0n) is 16.1. The van der Waals surface area contributed by atoms with Crippen molar-refractivity contribution in [1.29, 1.82) is 0 Å². The Morgan fingerprint density at radius 1 is 1.12 bits per heavy atom. The number of urea groups is 1. The summed E-state index contributed by atoms with van der Waals surface area (Å²) < 4.78 is 0. The molecule has 0 aromatic heterocycles. The van der Waals surface area contributed by atoms with Gasteiger partial charge in [0.1, 0.15) is 12.1 Å². The van der Waals surface area contributed by atoms with Gasteiger partial charge in [0.25, 0.3) is 5.91 Å². The maximum Gasteiger partial charge on any atom is 0.325 e. The molecule has 3 aliphatic rings. The summed E-state index contributed by atoms with van der Waals surface area (Å²) in [7, 11) is 0. The van der Waals surface area contributed by atoms with Crippen LogP contribution in [0.15, 0.2) is 0 Å². The molecule has 1 aliphatic carbocycles. The molecule has 0 aromatic carbocycles. The maximum atomic E-state index is 12.5. The molecule has 3 fully saturated rings. The summed E-state index contributed by atoms with van der Waals surface area (Å²) in [5, 5.41) is 5.37. The van der Waals surface area contributed by atoms with Crippen LogP contribution in [0.25, 0.3) is 0 Å². The SMILES string of the molecule is CC1(C)C(=O)NC(=O)N1CC(=O)N[C@@H]1CCCN(C2CCCCCC2)C1. The van der Waals surface area contributed by atoms with Gasteiger partial charge in [-0.1, -0.05) is 25.7 Å². The fourth-order valence-electron chi connectivity index (χ4n) is 4.46. The lowest BCUT2D eigenvalue weighted by atomic mass is 9.99. The van der Waals surface area contributed by atoms with Gasteiger partial charge in [0.15, 0.2) is 0 Å². The molecule has 0 radical (unpaired) electrons. The first-order valence-corrected chi connectivity index (χ1v) is 10.0. The molecule has 26 heavy (non-hydrogen) atoms. The van der Waals surface area contributed by atoms with Crippen molar-refractivity contribution in [2.75, 3.05) is 19.6 Å². The molecule has 2 heterocycles. The Morgan fingerprint density at radius 2 is 1.81 bits per heavy atom. The molecule has 7 nitrogen and oxygen atoms in total. The summed E-state index contributed by atoms with van der Waals surface area (Å²) in [5.74, 6) is -0.539. The number of imide groups is 1. The maximum absolute atomic E-state index is 12.5. The van der Waals surface area contributed by atoms with Crippen LogP contribution in [0, 0.1) is 0 Å². The third-order valence-electron chi connectivity index (χ3n) is 6.16. The Labute approximate surface area is 155 Å². The molecule has 2 saturated heterocycles. The van der Waals surface area contributed by atoms with Crippen LogP contribution in [-0.2, 0) is 9.59 Å². The van der Waals surface area contributed by atoms with E-state index in [-0.39, 0.29) is 24.4 Å². The van der Waals surface area contributed by atoms with Gasteiger partial charge in [-0.15, -0.1) is 0 Å². The highest BCUT2D eigenvalue weighted by Crippen LogP contribution is 2.25. The molecule has 7 heteroatoms. The van der Waals surface area contributed by atoms with Crippen LogP contribution >= 0.6 is 0 Å². The van der Waals surface area contributed by atoms with E-state index in [4.69, 9.17) is 0 Å². The first-order chi connectivity index (χ1) is 12.4. The molecule has 3 rings (SSSR count). The van der Waals surface area contributed by atoms with E-state index in [1.165, 1.54) is 43.4 Å². The lowest BCUT2D eigenvalue weighted by Gasteiger charge is -2.38. The number of hydrogen-bond donors (Lipinski definition) is 2. The van der Waals surface area contributed by atoms with Gasteiger partial charge in [0, 0.05) is 18.6 Å². The van der Waals surface area contributed by atoms with E-state index in [0.717, 1.165) is 25.9 Å². The van der Waals surface area contributed by atoms with Gasteiger partial charge in [-0.3, -0.25) is 19.8 Å². The minimum Gasteiger partial charge on any atom is -0.351 e. The molecule has 0 spiro atoms. The highest BCUT2D eigenvalue weighted by Gasteiger charge is 2.46. The quantitative estimate of drug-likeness (QED) is 0.587. The standard InChI is InChI=1S/C19H32N4O3/c1-19(2)17(25)21-18(26)23(19)13-16(24)20-14-8-7-11-22(12-14)15-9-5-3-4-6-10-15/h14-15H,3-13H2,1-2H3,(H,20,24)(H,21,25,26)/t14-/m1/s1. The minimum absolute atomic E-state index is 0.0789. The first kappa shape index (κ1) is 19.1. The van der Waals surface area contributed by atoms with E-state index < -0.39 is 11.6 Å². The lowest BCUT2D eigenvalue weighted by molar-refractivity contribution is -0.127. The lowest BCUT2D eigenvalue weighted by Crippen LogP contribution is -2.54. The summed E-state index contributed by atoms with van der Waals surface area (Å²) in [6.45, 7) is 5.26. The molecule has 0 unspecified atom stereocenters. The van der Waals surface area contributed by atoms with E-state index in [0.29, 0.717) is 6.04 Å². The number of rotatable bonds is 4. The van der Waals surface area contributed by atoms with Crippen LogP contribution in [0.5, 0.6) is 0 Å². The number of piperidine rings is 1. The van der Waals surface area contributed by atoms with Gasteiger partial charge in [-0.2, -0.15) is 0 Å². The van der Waals surface area contributed by atoms with Gasteiger partial charge in [-0.25, -0.2) is 4.79 Å². The fourth-order valence-corrected chi connectivity index (χ4v) is 4.46. The Kier molecular flexibility index (Phi) is 5.85. The van der Waals surface area contributed by atoms with Crippen molar-refractivity contribution in [1.82, 2.24) is 20.4 Å². The summed E-state index contributed by atoms with van der Waals surface area (Å²) in [6.07, 6.45) is 9.92. The summed E-state index contributed by atoms with van der Waals surface area (Å²) in [4.78, 5) is 40.1. The Balaban J connectivity index is 1.52. The van der Waals surface area contributed by atoms with Crippen molar-refractivity contribution < 1.29 is 14.4 Å². The second kappa shape index (κ2) is 7.94. The number of amides is 4. The first-order valence-electron chi connectivity index (χ1n) is 10.0. The zero-order chi connectivity index (χ0) is 18.7. The predicted octanol–water partition coefficient (Wildman–Crippen LogP) is 1.62. The second-order valence-electron chi connectivity index (χ2n) is 8.45. The third-order valence-corrected chi connectivity index (χ3v) is 6.16.